The molecule has 136 valence electrons. The van der Waals surface area contributed by atoms with Crippen molar-refractivity contribution in [2.24, 2.45) is 11.8 Å². The minimum atomic E-state index is -0.881. The molecule has 1 aromatic rings. The summed E-state index contributed by atoms with van der Waals surface area (Å²) >= 11 is 9.60. The van der Waals surface area contributed by atoms with Crippen LogP contribution in [0.3, 0.4) is 0 Å². The largest absolute Gasteiger partial charge is 0.481 e. The van der Waals surface area contributed by atoms with E-state index in [-0.39, 0.29) is 23.4 Å². The molecule has 2 aliphatic rings. The van der Waals surface area contributed by atoms with Gasteiger partial charge in [0, 0.05) is 11.0 Å². The fraction of sp³-hybridized carbons (Fsp3) is 0.263. The van der Waals surface area contributed by atoms with E-state index in [9.17, 15) is 9.18 Å². The highest BCUT2D eigenvalue weighted by Gasteiger charge is 2.08. The Bertz CT molecular complexity index is 950. The van der Waals surface area contributed by atoms with Gasteiger partial charge >= 0.3 is 5.97 Å². The Hall–Kier alpha value is -2.23. The van der Waals surface area contributed by atoms with Crippen LogP contribution in [0.5, 0.6) is 0 Å². The zero-order valence-corrected chi connectivity index (χ0v) is 15.7. The van der Waals surface area contributed by atoms with E-state index in [1.54, 1.807) is 12.2 Å². The molecule has 2 N–H and O–H groups in total. The van der Waals surface area contributed by atoms with Crippen molar-refractivity contribution in [3.8, 4) is 11.8 Å². The van der Waals surface area contributed by atoms with Crippen LogP contribution in [0, 0.1) is 30.6 Å². The maximum absolute atomic E-state index is 13.2. The van der Waals surface area contributed by atoms with Gasteiger partial charge in [0.05, 0.1) is 22.4 Å². The molecule has 2 aliphatic carbocycles. The first-order chi connectivity index (χ1) is 12.4. The average Bonchev–Trinajstić information content (AvgIpc) is 2.84. The molecular formula is C19H18ClFN2O2S. The maximum Gasteiger partial charge on any atom is 0.313 e. The van der Waals surface area contributed by atoms with Crippen LogP contribution < -0.4 is 10.7 Å². The number of thiol groups is 1. The highest BCUT2D eigenvalue weighted by Crippen LogP contribution is 2.17. The topological polar surface area (TPSA) is 66.0 Å². The Balaban J connectivity index is 0.000000431. The van der Waals surface area contributed by atoms with Crippen molar-refractivity contribution in [1.82, 2.24) is 9.97 Å². The van der Waals surface area contributed by atoms with Gasteiger partial charge in [-0.05, 0) is 43.7 Å². The van der Waals surface area contributed by atoms with Crippen LogP contribution in [0.15, 0.2) is 35.2 Å². The van der Waals surface area contributed by atoms with Crippen molar-refractivity contribution < 1.29 is 14.3 Å². The van der Waals surface area contributed by atoms with Crippen molar-refractivity contribution in [3.63, 3.8) is 0 Å². The number of aromatic nitrogens is 2. The lowest BCUT2D eigenvalue weighted by molar-refractivity contribution is -0.133. The third-order valence-electron chi connectivity index (χ3n) is 3.44. The fourth-order valence-corrected chi connectivity index (χ4v) is 2.62. The lowest BCUT2D eigenvalue weighted by Gasteiger charge is -2.06. The van der Waals surface area contributed by atoms with Crippen molar-refractivity contribution >= 4 is 42.4 Å². The van der Waals surface area contributed by atoms with Crippen LogP contribution >= 0.6 is 24.2 Å². The Labute approximate surface area is 161 Å². The van der Waals surface area contributed by atoms with E-state index in [2.05, 4.69) is 34.4 Å². The summed E-state index contributed by atoms with van der Waals surface area (Å²) in [5.74, 6) is 5.70. The SMILES string of the molecule is Cc1nc2c([nH]1)=CC(Cl)=CC(C#CC1C=C(F)C=CC1)C=2.O=C(O)CS. The van der Waals surface area contributed by atoms with E-state index >= 15 is 0 Å². The number of fused-ring (bicyclic) bond motifs is 1. The Morgan fingerprint density at radius 3 is 2.85 bits per heavy atom. The number of allylic oxidation sites excluding steroid dienone is 6. The molecular weight excluding hydrogens is 375 g/mol. The Morgan fingerprint density at radius 2 is 2.19 bits per heavy atom. The third-order valence-corrected chi connectivity index (χ3v) is 3.94. The molecule has 3 rings (SSSR count). The van der Waals surface area contributed by atoms with Crippen LogP contribution in [-0.4, -0.2) is 26.8 Å². The number of aliphatic carboxylic acids is 1. The summed E-state index contributed by atoms with van der Waals surface area (Å²) in [6.07, 6.45) is 11.2. The molecule has 1 aromatic heterocycles. The fourth-order valence-electron chi connectivity index (χ4n) is 2.37. The van der Waals surface area contributed by atoms with E-state index in [1.165, 1.54) is 6.08 Å². The predicted molar refractivity (Wildman–Crippen MR) is 105 cm³/mol. The summed E-state index contributed by atoms with van der Waals surface area (Å²) in [7, 11) is 0. The van der Waals surface area contributed by atoms with Gasteiger partial charge in [0.2, 0.25) is 0 Å². The van der Waals surface area contributed by atoms with Crippen molar-refractivity contribution in [1.29, 1.82) is 0 Å². The molecule has 1 heterocycles. The number of imidazole rings is 1. The zero-order valence-electron chi connectivity index (χ0n) is 14.0. The average molecular weight is 393 g/mol. The molecule has 26 heavy (non-hydrogen) atoms. The number of hydrogen-bond acceptors (Lipinski definition) is 3. The number of aryl methyl sites for hydroxylation is 1. The van der Waals surface area contributed by atoms with E-state index in [1.807, 2.05) is 25.2 Å². The summed E-state index contributed by atoms with van der Waals surface area (Å²) in [5, 5.41) is 10.0. The van der Waals surface area contributed by atoms with E-state index < -0.39 is 5.97 Å². The second-order valence-electron chi connectivity index (χ2n) is 5.65. The minimum Gasteiger partial charge on any atom is -0.481 e. The Morgan fingerprint density at radius 1 is 1.46 bits per heavy atom. The molecule has 0 saturated carbocycles. The van der Waals surface area contributed by atoms with Crippen LogP contribution in [-0.2, 0) is 4.79 Å². The van der Waals surface area contributed by atoms with Crippen LogP contribution in [0.4, 0.5) is 4.39 Å². The lowest BCUT2D eigenvalue weighted by Crippen LogP contribution is -2.24. The van der Waals surface area contributed by atoms with Gasteiger partial charge in [-0.25, -0.2) is 9.37 Å². The first kappa shape index (κ1) is 20.1. The molecule has 2 atom stereocenters. The molecule has 0 aromatic carbocycles. The number of halogens is 2. The van der Waals surface area contributed by atoms with Gasteiger partial charge in [-0.3, -0.25) is 4.79 Å². The van der Waals surface area contributed by atoms with Gasteiger partial charge in [0.15, 0.2) is 0 Å². The molecule has 7 heteroatoms. The molecule has 4 nitrogen and oxygen atoms in total. The van der Waals surface area contributed by atoms with Gasteiger partial charge in [-0.15, -0.1) is 0 Å². The number of carbonyl (C=O) groups is 1. The highest BCUT2D eigenvalue weighted by atomic mass is 35.5. The van der Waals surface area contributed by atoms with E-state index in [0.717, 1.165) is 22.9 Å². The van der Waals surface area contributed by atoms with Crippen LogP contribution in [0.25, 0.3) is 12.2 Å². The second-order valence-corrected chi connectivity index (χ2v) is 6.40. The first-order valence-electron chi connectivity index (χ1n) is 7.88. The highest BCUT2D eigenvalue weighted by molar-refractivity contribution is 7.81. The van der Waals surface area contributed by atoms with Gasteiger partial charge in [0.25, 0.3) is 0 Å². The second kappa shape index (κ2) is 9.46. The molecule has 0 bridgehead atoms. The normalized spacial score (nSPS) is 20.5. The molecule has 0 fully saturated rings. The number of carboxylic acids is 1. The first-order valence-corrected chi connectivity index (χ1v) is 8.89. The van der Waals surface area contributed by atoms with E-state index in [0.29, 0.717) is 5.03 Å². The summed E-state index contributed by atoms with van der Waals surface area (Å²) < 4.78 is 13.2. The molecule has 0 aliphatic heterocycles. The molecule has 0 radical (unpaired) electrons. The number of H-pyrrole nitrogens is 1. The summed E-state index contributed by atoms with van der Waals surface area (Å²) in [6.45, 7) is 1.90. The molecule has 0 saturated heterocycles. The number of carboxylic acid groups (broad SMARTS) is 1. The molecule has 0 spiro atoms. The monoisotopic (exact) mass is 392 g/mol. The van der Waals surface area contributed by atoms with Crippen molar-refractivity contribution in [2.45, 2.75) is 13.3 Å². The maximum atomic E-state index is 13.2. The predicted octanol–water partition coefficient (Wildman–Crippen LogP) is 2.47. The van der Waals surface area contributed by atoms with Crippen LogP contribution in [0.1, 0.15) is 12.2 Å². The van der Waals surface area contributed by atoms with Crippen molar-refractivity contribution in [3.05, 3.63) is 51.7 Å². The Kier molecular flexibility index (Phi) is 7.31. The number of nitrogens with one attached hydrogen (secondary N) is 1. The van der Waals surface area contributed by atoms with Gasteiger partial charge in [0.1, 0.15) is 11.7 Å². The summed E-state index contributed by atoms with van der Waals surface area (Å²) in [6, 6.07) is 0. The summed E-state index contributed by atoms with van der Waals surface area (Å²) in [5.41, 5.74) is 0. The number of rotatable bonds is 1. The van der Waals surface area contributed by atoms with Gasteiger partial charge in [-0.2, -0.15) is 12.6 Å². The van der Waals surface area contributed by atoms with Gasteiger partial charge in [-0.1, -0.05) is 29.5 Å². The van der Waals surface area contributed by atoms with Crippen molar-refractivity contribution in [2.75, 3.05) is 5.75 Å². The smallest absolute Gasteiger partial charge is 0.313 e. The quantitative estimate of drug-likeness (QED) is 0.508. The van der Waals surface area contributed by atoms with Gasteiger partial charge < -0.3 is 10.1 Å². The number of nitrogens with zero attached hydrogens (tertiary/aromatic N) is 1. The molecule has 0 amide bonds. The standard InChI is InChI=1S/C17H14ClFN2.C2H4O2S/c1-11-20-16-9-13(7-14(18)10-17(16)21-11)6-5-12-3-2-4-15(19)8-12;3-2(4)1-5/h2,4,7-10,12-13H,3H2,1H3,(H,20,21);5H,1H2,(H,3,4). The minimum absolute atomic E-state index is 0.0804. The van der Waals surface area contributed by atoms with E-state index in [4.69, 9.17) is 16.7 Å². The molecule has 2 unspecified atom stereocenters. The number of aromatic amines is 1. The number of hydrogen-bond donors (Lipinski definition) is 3. The zero-order chi connectivity index (χ0) is 19.1. The lowest BCUT2D eigenvalue weighted by atomic mass is 9.99. The van der Waals surface area contributed by atoms with Crippen LogP contribution in [0.2, 0.25) is 0 Å². The summed E-state index contributed by atoms with van der Waals surface area (Å²) in [4.78, 5) is 16.9. The third kappa shape index (κ3) is 6.25.